The molecule has 3 unspecified atom stereocenters. The molecule has 5 heteroatoms. The van der Waals surface area contributed by atoms with Crippen molar-refractivity contribution in [2.45, 2.75) is 39.8 Å². The van der Waals surface area contributed by atoms with Crippen molar-refractivity contribution in [2.75, 3.05) is 18.6 Å². The van der Waals surface area contributed by atoms with E-state index in [0.717, 1.165) is 12.4 Å². The molecule has 0 aliphatic carbocycles. The quantitative estimate of drug-likeness (QED) is 0.799. The van der Waals surface area contributed by atoms with E-state index in [1.54, 1.807) is 7.11 Å². The van der Waals surface area contributed by atoms with Gasteiger partial charge in [0.2, 0.25) is 0 Å². The molecule has 1 saturated heterocycles. The van der Waals surface area contributed by atoms with E-state index in [-0.39, 0.29) is 0 Å². The van der Waals surface area contributed by atoms with E-state index in [2.05, 4.69) is 35.6 Å². The van der Waals surface area contributed by atoms with Gasteiger partial charge in [-0.25, -0.2) is 9.97 Å². The molecule has 1 aliphatic rings. The number of methoxy groups -OCH3 is 1. The monoisotopic (exact) mass is 283 g/mol. The number of anilines is 1. The van der Waals surface area contributed by atoms with Crippen molar-refractivity contribution < 1.29 is 4.74 Å². The molecule has 4 nitrogen and oxygen atoms in total. The Morgan fingerprint density at radius 1 is 1.37 bits per heavy atom. The summed E-state index contributed by atoms with van der Waals surface area (Å²) in [4.78, 5) is 11.1. The molecule has 0 spiro atoms. The number of nitrogens with zero attached hydrogens (tertiary/aromatic N) is 3. The van der Waals surface area contributed by atoms with Gasteiger partial charge < -0.3 is 9.64 Å². The van der Waals surface area contributed by atoms with Crippen LogP contribution in [0.3, 0.4) is 0 Å². The van der Waals surface area contributed by atoms with Crippen LogP contribution in [0.5, 0.6) is 0 Å². The van der Waals surface area contributed by atoms with Crippen molar-refractivity contribution >= 4 is 17.4 Å². The predicted octanol–water partition coefficient (Wildman–Crippen LogP) is 3.15. The van der Waals surface area contributed by atoms with Crippen molar-refractivity contribution in [3.63, 3.8) is 0 Å². The molecule has 19 heavy (non-hydrogen) atoms. The molecule has 3 atom stereocenters. The second-order valence-electron chi connectivity index (χ2n) is 5.61. The topological polar surface area (TPSA) is 38.2 Å². The number of hydrogen-bond acceptors (Lipinski definition) is 4. The lowest BCUT2D eigenvalue weighted by molar-refractivity contribution is 0.177. The van der Waals surface area contributed by atoms with Crippen LogP contribution in [0, 0.1) is 11.8 Å². The first-order valence-corrected chi connectivity index (χ1v) is 7.18. The molecule has 1 aromatic heterocycles. The van der Waals surface area contributed by atoms with Crippen LogP contribution in [-0.4, -0.2) is 29.7 Å². The van der Waals surface area contributed by atoms with E-state index in [1.165, 1.54) is 6.42 Å². The number of aromatic nitrogens is 2. The summed E-state index contributed by atoms with van der Waals surface area (Å²) >= 11 is 6.09. The van der Waals surface area contributed by atoms with Gasteiger partial charge in [0, 0.05) is 25.8 Å². The van der Waals surface area contributed by atoms with Crippen LogP contribution in [-0.2, 0) is 11.3 Å². The third-order valence-corrected chi connectivity index (χ3v) is 4.09. The van der Waals surface area contributed by atoms with Crippen LogP contribution in [0.25, 0.3) is 0 Å². The molecule has 0 bridgehead atoms. The molecule has 0 amide bonds. The molecule has 0 aromatic carbocycles. The second kappa shape index (κ2) is 6.06. The van der Waals surface area contributed by atoms with Crippen LogP contribution in [0.15, 0.2) is 6.07 Å². The summed E-state index contributed by atoms with van der Waals surface area (Å²) in [5.74, 6) is 2.88. The lowest BCUT2D eigenvalue weighted by Gasteiger charge is -2.42. The van der Waals surface area contributed by atoms with Gasteiger partial charge in [-0.15, -0.1) is 0 Å². The molecular formula is C14H22ClN3O. The number of halogens is 1. The van der Waals surface area contributed by atoms with Gasteiger partial charge in [-0.3, -0.25) is 0 Å². The Balaban J connectivity index is 2.28. The van der Waals surface area contributed by atoms with Crippen molar-refractivity contribution in [1.82, 2.24) is 9.97 Å². The zero-order valence-corrected chi connectivity index (χ0v) is 12.8. The van der Waals surface area contributed by atoms with Crippen LogP contribution < -0.4 is 4.90 Å². The molecule has 0 saturated carbocycles. The van der Waals surface area contributed by atoms with E-state index in [1.807, 2.05) is 6.07 Å². The Morgan fingerprint density at radius 3 is 2.79 bits per heavy atom. The van der Waals surface area contributed by atoms with E-state index < -0.39 is 0 Å². The Morgan fingerprint density at radius 2 is 2.11 bits per heavy atom. The molecule has 0 radical (unpaired) electrons. The summed E-state index contributed by atoms with van der Waals surface area (Å²) in [5, 5.41) is 0.482. The summed E-state index contributed by atoms with van der Waals surface area (Å²) < 4.78 is 5.09. The van der Waals surface area contributed by atoms with Crippen LogP contribution in [0.1, 0.15) is 33.0 Å². The first-order valence-electron chi connectivity index (χ1n) is 6.80. The molecule has 1 aliphatic heterocycles. The second-order valence-corrected chi connectivity index (χ2v) is 6.00. The zero-order valence-electron chi connectivity index (χ0n) is 12.1. The fourth-order valence-electron chi connectivity index (χ4n) is 2.81. The minimum Gasteiger partial charge on any atom is -0.377 e. The highest BCUT2D eigenvalue weighted by atomic mass is 35.5. The fourth-order valence-corrected chi connectivity index (χ4v) is 3.01. The van der Waals surface area contributed by atoms with Gasteiger partial charge in [0.25, 0.3) is 0 Å². The highest BCUT2D eigenvalue weighted by Crippen LogP contribution is 2.31. The Bertz CT molecular complexity index is 441. The van der Waals surface area contributed by atoms with Crippen molar-refractivity contribution in [1.29, 1.82) is 0 Å². The van der Waals surface area contributed by atoms with Gasteiger partial charge in [0.15, 0.2) is 5.82 Å². The van der Waals surface area contributed by atoms with Crippen LogP contribution in [0.2, 0.25) is 5.15 Å². The maximum absolute atomic E-state index is 6.09. The smallest absolute Gasteiger partial charge is 0.158 e. The predicted molar refractivity (Wildman–Crippen MR) is 77.5 cm³/mol. The van der Waals surface area contributed by atoms with Gasteiger partial charge in [0.1, 0.15) is 17.6 Å². The summed E-state index contributed by atoms with van der Waals surface area (Å²) in [6, 6.07) is 2.32. The van der Waals surface area contributed by atoms with E-state index >= 15 is 0 Å². The Kier molecular flexibility index (Phi) is 4.63. The fraction of sp³-hybridized carbons (Fsp3) is 0.714. The van der Waals surface area contributed by atoms with Gasteiger partial charge in [-0.2, -0.15) is 0 Å². The Labute approximate surface area is 120 Å². The average molecular weight is 284 g/mol. The van der Waals surface area contributed by atoms with E-state index in [9.17, 15) is 0 Å². The van der Waals surface area contributed by atoms with Gasteiger partial charge in [0.05, 0.1) is 0 Å². The minimum atomic E-state index is 0.390. The molecule has 2 heterocycles. The van der Waals surface area contributed by atoms with Crippen molar-refractivity contribution in [3.8, 4) is 0 Å². The summed E-state index contributed by atoms with van der Waals surface area (Å²) in [6.45, 7) is 8.25. The van der Waals surface area contributed by atoms with E-state index in [4.69, 9.17) is 16.3 Å². The zero-order chi connectivity index (χ0) is 14.0. The lowest BCUT2D eigenvalue weighted by atomic mass is 9.86. The largest absolute Gasteiger partial charge is 0.377 e. The van der Waals surface area contributed by atoms with Gasteiger partial charge >= 0.3 is 0 Å². The SMILES string of the molecule is COCc1nc(Cl)cc(N2CC(C)CC(C)C2C)n1. The number of hydrogen-bond donors (Lipinski definition) is 0. The van der Waals surface area contributed by atoms with Gasteiger partial charge in [-0.05, 0) is 25.2 Å². The maximum Gasteiger partial charge on any atom is 0.158 e. The number of ether oxygens (including phenoxy) is 1. The normalized spacial score (nSPS) is 27.6. The van der Waals surface area contributed by atoms with E-state index in [0.29, 0.717) is 35.5 Å². The maximum atomic E-state index is 6.09. The Hall–Kier alpha value is -0.870. The first-order chi connectivity index (χ1) is 9.01. The summed E-state index contributed by atoms with van der Waals surface area (Å²) in [6.07, 6.45) is 1.27. The summed E-state index contributed by atoms with van der Waals surface area (Å²) in [5.41, 5.74) is 0. The van der Waals surface area contributed by atoms with Crippen LogP contribution >= 0.6 is 11.6 Å². The molecule has 106 valence electrons. The molecule has 0 N–H and O–H groups in total. The molecule has 2 rings (SSSR count). The highest BCUT2D eigenvalue weighted by Gasteiger charge is 2.30. The third-order valence-electron chi connectivity index (χ3n) is 3.89. The molecule has 1 aromatic rings. The van der Waals surface area contributed by atoms with Gasteiger partial charge in [-0.1, -0.05) is 25.4 Å². The lowest BCUT2D eigenvalue weighted by Crippen LogP contribution is -2.46. The third kappa shape index (κ3) is 3.37. The highest BCUT2D eigenvalue weighted by molar-refractivity contribution is 6.29. The van der Waals surface area contributed by atoms with Crippen molar-refractivity contribution in [3.05, 3.63) is 17.0 Å². The standard InChI is InChI=1S/C14H22ClN3O/c1-9-5-10(2)11(3)18(7-9)14-6-12(15)16-13(17-14)8-19-4/h6,9-11H,5,7-8H2,1-4H3. The number of piperidine rings is 1. The summed E-state index contributed by atoms with van der Waals surface area (Å²) in [7, 11) is 1.64. The minimum absolute atomic E-state index is 0.390. The first kappa shape index (κ1) is 14.5. The average Bonchev–Trinajstić information content (AvgIpc) is 2.33. The van der Waals surface area contributed by atoms with Crippen molar-refractivity contribution in [2.24, 2.45) is 11.8 Å². The molecular weight excluding hydrogens is 262 g/mol. The molecule has 1 fully saturated rings. The number of rotatable bonds is 3. The van der Waals surface area contributed by atoms with Crippen LogP contribution in [0.4, 0.5) is 5.82 Å².